The largest absolute Gasteiger partial charge is 0.248 e. The summed E-state index contributed by atoms with van der Waals surface area (Å²) in [4.78, 5) is 19.6. The zero-order chi connectivity index (χ0) is 27.9. The number of fused-ring (bicyclic) bond motifs is 4. The molecule has 0 amide bonds. The summed E-state index contributed by atoms with van der Waals surface area (Å²) in [6, 6.07) is 49.9. The van der Waals surface area contributed by atoms with E-state index in [2.05, 4.69) is 78.9 Å². The number of pyridine rings is 1. The highest BCUT2D eigenvalue weighted by molar-refractivity contribution is 6.14. The van der Waals surface area contributed by atoms with Gasteiger partial charge >= 0.3 is 0 Å². The first-order valence-electron chi connectivity index (χ1n) is 14.0. The van der Waals surface area contributed by atoms with Crippen molar-refractivity contribution < 1.29 is 0 Å². The van der Waals surface area contributed by atoms with Crippen molar-refractivity contribution in [1.82, 2.24) is 19.9 Å². The van der Waals surface area contributed by atoms with Crippen molar-refractivity contribution in [3.63, 3.8) is 0 Å². The van der Waals surface area contributed by atoms with Gasteiger partial charge < -0.3 is 0 Å². The van der Waals surface area contributed by atoms with Crippen LogP contribution in [0, 0.1) is 0 Å². The smallest absolute Gasteiger partial charge is 0.164 e. The lowest BCUT2D eigenvalue weighted by Crippen LogP contribution is -2.00. The van der Waals surface area contributed by atoms with E-state index in [0.29, 0.717) is 17.5 Å². The Labute approximate surface area is 243 Å². The maximum absolute atomic E-state index is 5.03. The molecule has 0 bridgehead atoms. The first kappa shape index (κ1) is 24.1. The van der Waals surface area contributed by atoms with Gasteiger partial charge in [-0.1, -0.05) is 127 Å². The molecule has 42 heavy (non-hydrogen) atoms. The van der Waals surface area contributed by atoms with Crippen LogP contribution in [-0.2, 0) is 0 Å². The van der Waals surface area contributed by atoms with Crippen LogP contribution in [0.2, 0.25) is 0 Å². The quantitative estimate of drug-likeness (QED) is 0.166. The van der Waals surface area contributed by atoms with E-state index in [0.717, 1.165) is 49.6 Å². The maximum Gasteiger partial charge on any atom is 0.164 e. The molecular weight excluding hydrogens is 512 g/mol. The van der Waals surface area contributed by atoms with Gasteiger partial charge in [0.05, 0.1) is 11.0 Å². The highest BCUT2D eigenvalue weighted by atomic mass is 15.0. The summed E-state index contributed by atoms with van der Waals surface area (Å²) < 4.78 is 0. The first-order valence-corrected chi connectivity index (χ1v) is 14.0. The molecule has 2 aromatic heterocycles. The van der Waals surface area contributed by atoms with Gasteiger partial charge in [-0.2, -0.15) is 0 Å². The topological polar surface area (TPSA) is 51.6 Å². The first-order chi connectivity index (χ1) is 20.8. The van der Waals surface area contributed by atoms with Gasteiger partial charge in [0.15, 0.2) is 17.5 Å². The lowest BCUT2D eigenvalue weighted by molar-refractivity contribution is 1.07. The number of hydrogen-bond donors (Lipinski definition) is 0. The van der Waals surface area contributed by atoms with Gasteiger partial charge in [0.25, 0.3) is 0 Å². The standard InChI is InChI=1S/C38H24N4/c1-3-11-26(12-4-1)36-40-37(27-13-5-2-6-14-27)42-38(41-36)28-21-19-25(20-22-28)32-24-35-33(31-17-9-8-16-30(31)32)23-29-15-7-10-18-34(29)39-35/h1-24H. The van der Waals surface area contributed by atoms with Crippen LogP contribution in [0.4, 0.5) is 0 Å². The van der Waals surface area contributed by atoms with Crippen LogP contribution in [0.1, 0.15) is 0 Å². The minimum atomic E-state index is 0.644. The van der Waals surface area contributed by atoms with Crippen LogP contribution >= 0.6 is 0 Å². The molecule has 0 saturated carbocycles. The number of hydrogen-bond acceptors (Lipinski definition) is 4. The summed E-state index contributed by atoms with van der Waals surface area (Å²) in [6.07, 6.45) is 0. The maximum atomic E-state index is 5.03. The van der Waals surface area contributed by atoms with Crippen molar-refractivity contribution in [1.29, 1.82) is 0 Å². The molecular formula is C38H24N4. The van der Waals surface area contributed by atoms with Gasteiger partial charge in [-0.05, 0) is 40.1 Å². The van der Waals surface area contributed by atoms with E-state index >= 15 is 0 Å². The molecule has 0 saturated heterocycles. The lowest BCUT2D eigenvalue weighted by atomic mass is 9.94. The molecule has 0 atom stereocenters. The Balaban J connectivity index is 1.26. The Morgan fingerprint density at radius 2 is 0.810 bits per heavy atom. The highest BCUT2D eigenvalue weighted by Gasteiger charge is 2.14. The van der Waals surface area contributed by atoms with E-state index < -0.39 is 0 Å². The van der Waals surface area contributed by atoms with Crippen LogP contribution < -0.4 is 0 Å². The molecule has 196 valence electrons. The van der Waals surface area contributed by atoms with Crippen LogP contribution in [0.15, 0.2) is 146 Å². The van der Waals surface area contributed by atoms with Crippen molar-refractivity contribution >= 4 is 32.6 Å². The molecule has 4 heteroatoms. The van der Waals surface area contributed by atoms with Gasteiger partial charge in [-0.25, -0.2) is 19.9 Å². The van der Waals surface area contributed by atoms with E-state index in [1.807, 2.05) is 66.7 Å². The van der Waals surface area contributed by atoms with E-state index in [1.54, 1.807) is 0 Å². The van der Waals surface area contributed by atoms with Crippen LogP contribution in [0.25, 0.3) is 77.9 Å². The van der Waals surface area contributed by atoms with Gasteiger partial charge in [0.1, 0.15) is 0 Å². The molecule has 4 nitrogen and oxygen atoms in total. The highest BCUT2D eigenvalue weighted by Crippen LogP contribution is 2.36. The van der Waals surface area contributed by atoms with Crippen molar-refractivity contribution in [3.8, 4) is 45.3 Å². The molecule has 6 aromatic carbocycles. The Bertz CT molecular complexity index is 2170. The van der Waals surface area contributed by atoms with Crippen molar-refractivity contribution in [2.24, 2.45) is 0 Å². The van der Waals surface area contributed by atoms with Gasteiger partial charge in [0.2, 0.25) is 0 Å². The minimum absolute atomic E-state index is 0.644. The normalized spacial score (nSPS) is 11.3. The van der Waals surface area contributed by atoms with Crippen LogP contribution in [0.5, 0.6) is 0 Å². The SMILES string of the molecule is c1ccc(-c2nc(-c3ccccc3)nc(-c3ccc(-c4cc5nc6ccccc6cc5c5ccccc45)cc3)n2)cc1. The molecule has 0 unspecified atom stereocenters. The summed E-state index contributed by atoms with van der Waals surface area (Å²) in [5.41, 5.74) is 7.11. The Hall–Kier alpha value is -5.74. The lowest BCUT2D eigenvalue weighted by Gasteiger charge is -2.12. The summed E-state index contributed by atoms with van der Waals surface area (Å²) >= 11 is 0. The average Bonchev–Trinajstić information content (AvgIpc) is 3.08. The zero-order valence-electron chi connectivity index (χ0n) is 22.6. The molecule has 0 radical (unpaired) electrons. The molecule has 8 rings (SSSR count). The second kappa shape index (κ2) is 10.0. The number of nitrogens with zero attached hydrogens (tertiary/aromatic N) is 4. The van der Waals surface area contributed by atoms with Gasteiger partial charge in [0, 0.05) is 27.5 Å². The zero-order valence-corrected chi connectivity index (χ0v) is 22.6. The fraction of sp³-hybridized carbons (Fsp3) is 0. The molecule has 0 aliphatic rings. The molecule has 8 aromatic rings. The third-order valence-corrected chi connectivity index (χ3v) is 7.70. The number of para-hydroxylation sites is 1. The average molecular weight is 537 g/mol. The predicted molar refractivity (Wildman–Crippen MR) is 172 cm³/mol. The third-order valence-electron chi connectivity index (χ3n) is 7.70. The number of benzene rings is 6. The van der Waals surface area contributed by atoms with Crippen molar-refractivity contribution in [2.75, 3.05) is 0 Å². The Morgan fingerprint density at radius 3 is 1.45 bits per heavy atom. The molecule has 0 fully saturated rings. The van der Waals surface area contributed by atoms with Crippen molar-refractivity contribution in [3.05, 3.63) is 146 Å². The summed E-state index contributed by atoms with van der Waals surface area (Å²) in [5.74, 6) is 1.95. The van der Waals surface area contributed by atoms with E-state index in [4.69, 9.17) is 19.9 Å². The van der Waals surface area contributed by atoms with Gasteiger partial charge in [-0.15, -0.1) is 0 Å². The van der Waals surface area contributed by atoms with Crippen molar-refractivity contribution in [2.45, 2.75) is 0 Å². The van der Waals surface area contributed by atoms with Gasteiger partial charge in [-0.3, -0.25) is 0 Å². The summed E-state index contributed by atoms with van der Waals surface area (Å²) in [6.45, 7) is 0. The van der Waals surface area contributed by atoms with E-state index in [1.165, 1.54) is 10.8 Å². The Morgan fingerprint density at radius 1 is 0.310 bits per heavy atom. The summed E-state index contributed by atoms with van der Waals surface area (Å²) in [7, 11) is 0. The predicted octanol–water partition coefficient (Wildman–Crippen LogP) is 9.39. The van der Waals surface area contributed by atoms with E-state index in [9.17, 15) is 0 Å². The fourth-order valence-electron chi connectivity index (χ4n) is 5.60. The van der Waals surface area contributed by atoms with Crippen LogP contribution in [-0.4, -0.2) is 19.9 Å². The minimum Gasteiger partial charge on any atom is -0.248 e. The third kappa shape index (κ3) is 4.27. The van der Waals surface area contributed by atoms with E-state index in [-0.39, 0.29) is 0 Å². The molecule has 0 aliphatic heterocycles. The second-order valence-electron chi connectivity index (χ2n) is 10.3. The molecule has 0 aliphatic carbocycles. The molecule has 0 N–H and O–H groups in total. The number of aromatic nitrogens is 4. The summed E-state index contributed by atoms with van der Waals surface area (Å²) in [5, 5.41) is 4.71. The number of rotatable bonds is 4. The molecule has 2 heterocycles. The van der Waals surface area contributed by atoms with Crippen LogP contribution in [0.3, 0.4) is 0 Å². The monoisotopic (exact) mass is 536 g/mol. The molecule has 0 spiro atoms. The fourth-order valence-corrected chi connectivity index (χ4v) is 5.60. The Kier molecular flexibility index (Phi) is 5.75. The second-order valence-corrected chi connectivity index (χ2v) is 10.3.